The van der Waals surface area contributed by atoms with Crippen LogP contribution in [0.4, 0.5) is 5.00 Å². The molecule has 0 bridgehead atoms. The Balaban J connectivity index is 1.66. The van der Waals surface area contributed by atoms with Crippen LogP contribution < -0.4 is 5.32 Å². The van der Waals surface area contributed by atoms with Crippen LogP contribution in [0, 0.1) is 0 Å². The Morgan fingerprint density at radius 3 is 3.00 bits per heavy atom. The van der Waals surface area contributed by atoms with E-state index < -0.39 is 0 Å². The molecule has 0 aliphatic heterocycles. The van der Waals surface area contributed by atoms with Crippen molar-refractivity contribution in [3.8, 4) is 0 Å². The Morgan fingerprint density at radius 1 is 1.35 bits per heavy atom. The van der Waals surface area contributed by atoms with Crippen LogP contribution in [0.25, 0.3) is 0 Å². The quantitative estimate of drug-likeness (QED) is 0.820. The van der Waals surface area contributed by atoms with E-state index in [-0.39, 0.29) is 0 Å². The monoisotopic (exact) mass is 311 g/mol. The minimum absolute atomic E-state index is 0.467. The van der Waals surface area contributed by atoms with Crippen LogP contribution in [0.5, 0.6) is 0 Å². The van der Waals surface area contributed by atoms with Crippen molar-refractivity contribution in [2.75, 3.05) is 11.9 Å². The predicted molar refractivity (Wildman–Crippen MR) is 79.0 cm³/mol. The number of rotatable bonds is 6. The first-order chi connectivity index (χ1) is 9.88. The summed E-state index contributed by atoms with van der Waals surface area (Å²) in [7, 11) is 0. The molecule has 108 valence electrons. The second-order valence-electron chi connectivity index (χ2n) is 4.71. The number of nitrogens with one attached hydrogen (secondary N) is 1. The second-order valence-corrected chi connectivity index (χ2v) is 6.41. The fourth-order valence-corrected chi connectivity index (χ4v) is 4.01. The van der Waals surface area contributed by atoms with Gasteiger partial charge < -0.3 is 5.32 Å². The van der Waals surface area contributed by atoms with Crippen LogP contribution in [-0.2, 0) is 5.75 Å². The fraction of sp³-hybridized carbons (Fsp3) is 0.727. The lowest BCUT2D eigenvalue weighted by Crippen LogP contribution is -2.08. The molecule has 2 aromatic heterocycles. The lowest BCUT2D eigenvalue weighted by molar-refractivity contribution is 0.423. The molecule has 20 heavy (non-hydrogen) atoms. The Hall–Kier alpha value is -1.22. The summed E-state index contributed by atoms with van der Waals surface area (Å²) in [5.41, 5.74) is 0.975. The smallest absolute Gasteiger partial charge is 0.209 e. The maximum Gasteiger partial charge on any atom is 0.209 e. The number of hydrogen-bond donors (Lipinski definition) is 1. The molecule has 0 radical (unpaired) electrons. The predicted octanol–water partition coefficient (Wildman–Crippen LogP) is 2.36. The van der Waals surface area contributed by atoms with E-state index in [1.54, 1.807) is 11.8 Å². The van der Waals surface area contributed by atoms with Gasteiger partial charge in [-0.2, -0.15) is 0 Å². The summed E-state index contributed by atoms with van der Waals surface area (Å²) in [6, 6.07) is 0.467. The molecule has 1 saturated carbocycles. The SMILES string of the molecule is CCNc1snnc1CSc1nnnn1C1CCCC1. The van der Waals surface area contributed by atoms with E-state index >= 15 is 0 Å². The van der Waals surface area contributed by atoms with Gasteiger partial charge in [0.2, 0.25) is 5.16 Å². The highest BCUT2D eigenvalue weighted by atomic mass is 32.2. The van der Waals surface area contributed by atoms with Gasteiger partial charge in [-0.25, -0.2) is 4.68 Å². The molecule has 1 aliphatic rings. The minimum Gasteiger partial charge on any atom is -0.374 e. The summed E-state index contributed by atoms with van der Waals surface area (Å²) in [6.07, 6.45) is 4.91. The molecule has 0 aromatic carbocycles. The molecular formula is C11H17N7S2. The third-order valence-corrected chi connectivity index (χ3v) is 5.03. The fourth-order valence-electron chi connectivity index (χ4n) is 2.39. The number of thioether (sulfide) groups is 1. The van der Waals surface area contributed by atoms with Crippen LogP contribution in [0.3, 0.4) is 0 Å². The Kier molecular flexibility index (Phi) is 4.46. The molecule has 0 unspecified atom stereocenters. The normalized spacial score (nSPS) is 15.8. The minimum atomic E-state index is 0.467. The van der Waals surface area contributed by atoms with Gasteiger partial charge in [-0.1, -0.05) is 29.1 Å². The zero-order chi connectivity index (χ0) is 13.8. The van der Waals surface area contributed by atoms with Crippen molar-refractivity contribution in [2.45, 2.75) is 49.6 Å². The van der Waals surface area contributed by atoms with Gasteiger partial charge in [0.15, 0.2) is 0 Å². The Bertz CT molecular complexity index is 546. The van der Waals surface area contributed by atoms with Crippen molar-refractivity contribution < 1.29 is 0 Å². The lowest BCUT2D eigenvalue weighted by Gasteiger charge is -2.10. The Labute approximate surface area is 125 Å². The van der Waals surface area contributed by atoms with E-state index in [4.69, 9.17) is 0 Å². The molecule has 0 atom stereocenters. The summed E-state index contributed by atoms with van der Waals surface area (Å²) < 4.78 is 5.97. The van der Waals surface area contributed by atoms with Gasteiger partial charge in [0.1, 0.15) is 10.7 Å². The Morgan fingerprint density at radius 2 is 2.20 bits per heavy atom. The number of nitrogens with zero attached hydrogens (tertiary/aromatic N) is 6. The van der Waals surface area contributed by atoms with Gasteiger partial charge in [-0.05, 0) is 30.2 Å². The van der Waals surface area contributed by atoms with Crippen molar-refractivity contribution in [3.63, 3.8) is 0 Å². The highest BCUT2D eigenvalue weighted by Gasteiger charge is 2.22. The van der Waals surface area contributed by atoms with Crippen molar-refractivity contribution in [3.05, 3.63) is 5.69 Å². The van der Waals surface area contributed by atoms with Crippen LogP contribution >= 0.6 is 23.3 Å². The third kappa shape index (κ3) is 2.93. The molecule has 1 aliphatic carbocycles. The van der Waals surface area contributed by atoms with Crippen molar-refractivity contribution in [1.82, 2.24) is 29.8 Å². The van der Waals surface area contributed by atoms with E-state index in [9.17, 15) is 0 Å². The van der Waals surface area contributed by atoms with Crippen LogP contribution in [0.15, 0.2) is 5.16 Å². The molecule has 1 N–H and O–H groups in total. The number of anilines is 1. The molecule has 9 heteroatoms. The molecule has 0 spiro atoms. The zero-order valence-corrected chi connectivity index (χ0v) is 13.0. The van der Waals surface area contributed by atoms with Gasteiger partial charge in [0.25, 0.3) is 0 Å². The molecule has 1 fully saturated rings. The number of aromatic nitrogens is 6. The summed E-state index contributed by atoms with van der Waals surface area (Å²) in [5.74, 6) is 0.742. The lowest BCUT2D eigenvalue weighted by atomic mass is 10.3. The first-order valence-corrected chi connectivity index (χ1v) is 8.60. The van der Waals surface area contributed by atoms with E-state index in [0.717, 1.165) is 28.1 Å². The van der Waals surface area contributed by atoms with Crippen molar-refractivity contribution in [1.29, 1.82) is 0 Å². The second kappa shape index (κ2) is 6.49. The first-order valence-electron chi connectivity index (χ1n) is 6.84. The third-order valence-electron chi connectivity index (χ3n) is 3.36. The van der Waals surface area contributed by atoms with Gasteiger partial charge in [0, 0.05) is 23.8 Å². The van der Waals surface area contributed by atoms with Gasteiger partial charge in [-0.15, -0.1) is 10.2 Å². The van der Waals surface area contributed by atoms with E-state index in [0.29, 0.717) is 6.04 Å². The van der Waals surface area contributed by atoms with Crippen LogP contribution in [0.2, 0.25) is 0 Å². The largest absolute Gasteiger partial charge is 0.374 e. The highest BCUT2D eigenvalue weighted by Crippen LogP contribution is 2.33. The molecule has 2 aromatic rings. The van der Waals surface area contributed by atoms with Gasteiger partial charge in [0.05, 0.1) is 6.04 Å². The topological polar surface area (TPSA) is 81.4 Å². The summed E-state index contributed by atoms with van der Waals surface area (Å²) in [4.78, 5) is 0. The average Bonchev–Trinajstić information content (AvgIpc) is 3.18. The first kappa shape index (κ1) is 13.7. The molecular weight excluding hydrogens is 294 g/mol. The number of hydrogen-bond acceptors (Lipinski definition) is 8. The summed E-state index contributed by atoms with van der Waals surface area (Å²) in [6.45, 7) is 2.94. The van der Waals surface area contributed by atoms with Crippen LogP contribution in [0.1, 0.15) is 44.3 Å². The zero-order valence-electron chi connectivity index (χ0n) is 11.3. The maximum absolute atomic E-state index is 4.17. The number of tetrazole rings is 1. The van der Waals surface area contributed by atoms with Gasteiger partial charge in [-0.3, -0.25) is 0 Å². The van der Waals surface area contributed by atoms with E-state index in [1.807, 2.05) is 4.68 Å². The maximum atomic E-state index is 4.17. The van der Waals surface area contributed by atoms with Gasteiger partial charge >= 0.3 is 0 Å². The van der Waals surface area contributed by atoms with Crippen molar-refractivity contribution >= 4 is 28.3 Å². The standard InChI is InChI=1S/C11H17N7S2/c1-2-12-10-9(13-17-20-10)7-19-11-14-15-16-18(11)8-5-3-4-6-8/h8,12H,2-7H2,1H3. The highest BCUT2D eigenvalue weighted by molar-refractivity contribution is 7.98. The van der Waals surface area contributed by atoms with Crippen LogP contribution in [-0.4, -0.2) is 36.3 Å². The molecule has 0 amide bonds. The molecule has 7 nitrogen and oxygen atoms in total. The molecule has 3 rings (SSSR count). The summed E-state index contributed by atoms with van der Waals surface area (Å²) >= 11 is 3.03. The molecule has 0 saturated heterocycles. The van der Waals surface area contributed by atoms with E-state index in [1.165, 1.54) is 37.2 Å². The average molecular weight is 311 g/mol. The summed E-state index contributed by atoms with van der Waals surface area (Å²) in [5, 5.41) is 21.5. The van der Waals surface area contributed by atoms with Crippen molar-refractivity contribution in [2.24, 2.45) is 0 Å². The molecule has 2 heterocycles. The van der Waals surface area contributed by atoms with E-state index in [2.05, 4.69) is 37.4 Å².